The highest BCUT2D eigenvalue weighted by molar-refractivity contribution is 5.91. The van der Waals surface area contributed by atoms with E-state index in [-0.39, 0.29) is 35.5 Å². The molecule has 0 atom stereocenters. The van der Waals surface area contributed by atoms with Crippen molar-refractivity contribution in [3.8, 4) is 0 Å². The van der Waals surface area contributed by atoms with E-state index in [1.54, 1.807) is 0 Å². The van der Waals surface area contributed by atoms with Crippen molar-refractivity contribution in [3.05, 3.63) is 77.6 Å². The molecule has 3 aromatic rings. The van der Waals surface area contributed by atoms with Crippen molar-refractivity contribution < 1.29 is 22.4 Å². The van der Waals surface area contributed by atoms with E-state index in [4.69, 9.17) is 0 Å². The molecule has 0 fully saturated rings. The first-order valence-electron chi connectivity index (χ1n) is 8.12. The highest BCUT2D eigenvalue weighted by Gasteiger charge is 2.30. The highest BCUT2D eigenvalue weighted by Crippen LogP contribution is 2.31. The summed E-state index contributed by atoms with van der Waals surface area (Å²) in [6, 6.07) is 13.1. The molecule has 5 nitrogen and oxygen atoms in total. The molecule has 1 amide bonds. The molecule has 0 bridgehead atoms. The summed E-state index contributed by atoms with van der Waals surface area (Å²) in [6.07, 6.45) is -4.41. The van der Waals surface area contributed by atoms with Crippen molar-refractivity contribution >= 4 is 23.2 Å². The Bertz CT molecular complexity index is 957. The summed E-state index contributed by atoms with van der Waals surface area (Å²) in [5, 5.41) is 12.9. The second-order valence-electron chi connectivity index (χ2n) is 5.86. The van der Waals surface area contributed by atoms with E-state index in [0.29, 0.717) is 5.56 Å². The predicted octanol–water partition coefficient (Wildman–Crippen LogP) is 4.56. The van der Waals surface area contributed by atoms with Gasteiger partial charge < -0.3 is 10.6 Å². The van der Waals surface area contributed by atoms with E-state index in [9.17, 15) is 22.4 Å². The van der Waals surface area contributed by atoms with Crippen LogP contribution in [0.3, 0.4) is 0 Å². The van der Waals surface area contributed by atoms with Crippen LogP contribution in [0.1, 0.15) is 11.1 Å². The minimum Gasteiger partial charge on any atom is -0.339 e. The van der Waals surface area contributed by atoms with E-state index < -0.39 is 11.7 Å². The molecule has 0 radical (unpaired) electrons. The monoisotopic (exact) mass is 390 g/mol. The Labute approximate surface area is 157 Å². The lowest BCUT2D eigenvalue weighted by Gasteiger charge is -2.10. The molecule has 1 heterocycles. The van der Waals surface area contributed by atoms with Gasteiger partial charge in [0.15, 0.2) is 11.6 Å². The molecule has 0 spiro atoms. The molecule has 28 heavy (non-hydrogen) atoms. The van der Waals surface area contributed by atoms with Crippen molar-refractivity contribution in [2.24, 2.45) is 0 Å². The second kappa shape index (κ2) is 8.03. The van der Waals surface area contributed by atoms with Gasteiger partial charge in [0.1, 0.15) is 5.82 Å². The Morgan fingerprint density at radius 2 is 1.61 bits per heavy atom. The maximum atomic E-state index is 12.9. The third-order valence-electron chi connectivity index (χ3n) is 3.67. The molecule has 0 aliphatic carbocycles. The fourth-order valence-corrected chi connectivity index (χ4v) is 2.36. The summed E-state index contributed by atoms with van der Waals surface area (Å²) in [6.45, 7) is 0. The van der Waals surface area contributed by atoms with Crippen molar-refractivity contribution in [2.75, 3.05) is 10.6 Å². The number of hydrogen-bond donors (Lipinski definition) is 2. The molecule has 9 heteroatoms. The lowest BCUT2D eigenvalue weighted by molar-refractivity contribution is -0.137. The van der Waals surface area contributed by atoms with Gasteiger partial charge in [-0.1, -0.05) is 18.2 Å². The Balaban J connectivity index is 1.60. The minimum atomic E-state index is -4.44. The SMILES string of the molecule is O=C(Cc1ccc(F)cc1)Nc1ccc(Nc2cccc(C(F)(F)F)c2)nn1. The fraction of sp³-hybridized carbons (Fsp3) is 0.105. The molecular formula is C19H14F4N4O. The molecule has 2 aromatic carbocycles. The number of hydrogen-bond acceptors (Lipinski definition) is 4. The third kappa shape index (κ3) is 5.26. The van der Waals surface area contributed by atoms with Crippen LogP contribution in [0.2, 0.25) is 0 Å². The summed E-state index contributed by atoms with van der Waals surface area (Å²) in [7, 11) is 0. The highest BCUT2D eigenvalue weighted by atomic mass is 19.4. The van der Waals surface area contributed by atoms with Crippen LogP contribution in [-0.4, -0.2) is 16.1 Å². The summed E-state index contributed by atoms with van der Waals surface area (Å²) < 4.78 is 51.1. The van der Waals surface area contributed by atoms with Crippen LogP contribution in [0.4, 0.5) is 34.9 Å². The number of halogens is 4. The summed E-state index contributed by atoms with van der Waals surface area (Å²) in [5.41, 5.74) is 0.0575. The van der Waals surface area contributed by atoms with Crippen LogP contribution in [0.15, 0.2) is 60.7 Å². The van der Waals surface area contributed by atoms with Crippen LogP contribution in [0.5, 0.6) is 0 Å². The zero-order valence-electron chi connectivity index (χ0n) is 14.3. The van der Waals surface area contributed by atoms with Gasteiger partial charge in [0.2, 0.25) is 5.91 Å². The number of carbonyl (C=O) groups excluding carboxylic acids is 1. The fourth-order valence-electron chi connectivity index (χ4n) is 2.36. The van der Waals surface area contributed by atoms with Gasteiger partial charge >= 0.3 is 6.18 Å². The van der Waals surface area contributed by atoms with Gasteiger partial charge in [0.25, 0.3) is 0 Å². The number of rotatable bonds is 5. The molecule has 0 saturated heterocycles. The smallest absolute Gasteiger partial charge is 0.339 e. The number of nitrogens with one attached hydrogen (secondary N) is 2. The number of benzene rings is 2. The lowest BCUT2D eigenvalue weighted by atomic mass is 10.1. The predicted molar refractivity (Wildman–Crippen MR) is 95.5 cm³/mol. The molecule has 0 aliphatic rings. The van der Waals surface area contributed by atoms with E-state index >= 15 is 0 Å². The summed E-state index contributed by atoms with van der Waals surface area (Å²) in [4.78, 5) is 12.0. The molecule has 0 unspecified atom stereocenters. The summed E-state index contributed by atoms with van der Waals surface area (Å²) in [5.74, 6) is -0.351. The normalized spacial score (nSPS) is 11.1. The van der Waals surface area contributed by atoms with Crippen LogP contribution in [0.25, 0.3) is 0 Å². The largest absolute Gasteiger partial charge is 0.416 e. The summed E-state index contributed by atoms with van der Waals surface area (Å²) >= 11 is 0. The van der Waals surface area contributed by atoms with Crippen molar-refractivity contribution in [1.29, 1.82) is 0 Å². The minimum absolute atomic E-state index is 0.0339. The lowest BCUT2D eigenvalue weighted by Crippen LogP contribution is -2.15. The number of anilines is 3. The van der Waals surface area contributed by atoms with Crippen LogP contribution < -0.4 is 10.6 Å². The number of amides is 1. The molecule has 2 N–H and O–H groups in total. The van der Waals surface area contributed by atoms with E-state index in [1.165, 1.54) is 48.5 Å². The van der Waals surface area contributed by atoms with Crippen molar-refractivity contribution in [1.82, 2.24) is 10.2 Å². The first-order chi connectivity index (χ1) is 13.3. The van der Waals surface area contributed by atoms with Crippen LogP contribution >= 0.6 is 0 Å². The number of carbonyl (C=O) groups is 1. The second-order valence-corrected chi connectivity index (χ2v) is 5.86. The molecular weight excluding hydrogens is 376 g/mol. The molecule has 3 rings (SSSR count). The number of aromatic nitrogens is 2. The standard InChI is InChI=1S/C19H14F4N4O/c20-14-6-4-12(5-7-14)10-18(28)25-17-9-8-16(26-27-17)24-15-3-1-2-13(11-15)19(21,22)23/h1-9,11H,10H2,(H,24,26)(H,25,27,28). The molecule has 1 aromatic heterocycles. The van der Waals surface area contributed by atoms with E-state index in [2.05, 4.69) is 20.8 Å². The van der Waals surface area contributed by atoms with E-state index in [1.807, 2.05) is 0 Å². The first-order valence-corrected chi connectivity index (χ1v) is 8.12. The van der Waals surface area contributed by atoms with Gasteiger partial charge in [0, 0.05) is 5.69 Å². The quantitative estimate of drug-likeness (QED) is 0.627. The first kappa shape index (κ1) is 19.3. The van der Waals surface area contributed by atoms with Crippen LogP contribution in [-0.2, 0) is 17.4 Å². The van der Waals surface area contributed by atoms with Gasteiger partial charge in [-0.3, -0.25) is 4.79 Å². The number of nitrogens with zero attached hydrogens (tertiary/aromatic N) is 2. The number of alkyl halides is 3. The Morgan fingerprint density at radius 1 is 0.929 bits per heavy atom. The average molecular weight is 390 g/mol. The molecule has 0 aliphatic heterocycles. The zero-order chi connectivity index (χ0) is 20.1. The van der Waals surface area contributed by atoms with Gasteiger partial charge in [-0.15, -0.1) is 10.2 Å². The Kier molecular flexibility index (Phi) is 5.53. The van der Waals surface area contributed by atoms with Crippen molar-refractivity contribution in [3.63, 3.8) is 0 Å². The maximum absolute atomic E-state index is 12.9. The van der Waals surface area contributed by atoms with Crippen molar-refractivity contribution in [2.45, 2.75) is 12.6 Å². The third-order valence-corrected chi connectivity index (χ3v) is 3.67. The molecule has 144 valence electrons. The average Bonchev–Trinajstić information content (AvgIpc) is 2.65. The van der Waals surface area contributed by atoms with Gasteiger partial charge in [-0.25, -0.2) is 4.39 Å². The Morgan fingerprint density at radius 3 is 2.25 bits per heavy atom. The topological polar surface area (TPSA) is 66.9 Å². The molecule has 0 saturated carbocycles. The van der Waals surface area contributed by atoms with E-state index in [0.717, 1.165) is 12.1 Å². The van der Waals surface area contributed by atoms with Gasteiger partial charge in [0.05, 0.1) is 12.0 Å². The zero-order valence-corrected chi connectivity index (χ0v) is 14.3. The van der Waals surface area contributed by atoms with Gasteiger partial charge in [-0.2, -0.15) is 13.2 Å². The maximum Gasteiger partial charge on any atom is 0.416 e. The van der Waals surface area contributed by atoms with Crippen LogP contribution in [0, 0.1) is 5.82 Å². The van der Waals surface area contributed by atoms with Gasteiger partial charge in [-0.05, 0) is 48.0 Å². The Hall–Kier alpha value is -3.49.